The predicted octanol–water partition coefficient (Wildman–Crippen LogP) is 2.35. The summed E-state index contributed by atoms with van der Waals surface area (Å²) < 4.78 is 29.2. The number of nitrogens with one attached hydrogen (secondary N) is 1. The quantitative estimate of drug-likeness (QED) is 0.410. The van der Waals surface area contributed by atoms with Crippen LogP contribution in [-0.2, 0) is 0 Å². The fourth-order valence-electron chi connectivity index (χ4n) is 0.138. The Labute approximate surface area is 79.4 Å². The Morgan fingerprint density at radius 1 is 1.44 bits per heavy atom. The molecule has 0 saturated heterocycles. The van der Waals surface area contributed by atoms with Gasteiger partial charge in [-0.05, 0) is 11.8 Å². The third kappa shape index (κ3) is 9.24. The molecule has 0 spiro atoms. The molecule has 0 fully saturated rings. The number of hydrogen-bond acceptors (Lipinski definition) is 3. The highest BCUT2D eigenvalue weighted by atomic mass is 35.5. The lowest BCUT2D eigenvalue weighted by atomic mass is 10.8. The Morgan fingerprint density at radius 3 is 2.67 bits per heavy atom. The lowest BCUT2D eigenvalue weighted by Crippen LogP contribution is -2.02. The largest absolute Gasteiger partial charge is 0.233 e. The molecule has 0 rings (SSSR count). The second kappa shape index (κ2) is 9.24. The van der Waals surface area contributed by atoms with E-state index in [4.69, 9.17) is 28.9 Å². The molecule has 0 amide bonds. The van der Waals surface area contributed by atoms with Gasteiger partial charge in [-0.15, -0.1) is 11.6 Å². The van der Waals surface area contributed by atoms with Crippen molar-refractivity contribution in [2.45, 2.75) is 0 Å². The van der Waals surface area contributed by atoms with Crippen molar-refractivity contribution in [2.24, 2.45) is 0 Å². The zero-order chi connectivity index (χ0) is 10.5. The normalized spacial score (nSPS) is 19.8. The molecule has 9 heavy (non-hydrogen) atoms. The van der Waals surface area contributed by atoms with Gasteiger partial charge in [-0.1, -0.05) is 21.6 Å². The van der Waals surface area contributed by atoms with Crippen LogP contribution in [0.2, 0.25) is 0 Å². The minimum absolute atomic E-state index is 0.0510. The van der Waals surface area contributed by atoms with Crippen molar-refractivity contribution in [2.75, 3.05) is 23.8 Å². The Bertz CT molecular complexity index is 159. The van der Waals surface area contributed by atoms with Crippen LogP contribution in [0.5, 0.6) is 0 Å². The van der Waals surface area contributed by atoms with Gasteiger partial charge in [-0.25, -0.2) is 4.84 Å². The van der Waals surface area contributed by atoms with Gasteiger partial charge in [0.2, 0.25) is 0 Å². The van der Waals surface area contributed by atoms with Gasteiger partial charge in [0.05, 0.1) is 0 Å². The van der Waals surface area contributed by atoms with Crippen molar-refractivity contribution < 1.29 is 5.48 Å². The predicted molar refractivity (Wildman–Crippen MR) is 49.5 cm³/mol. The van der Waals surface area contributed by atoms with Gasteiger partial charge in [-0.2, -0.15) is 0 Å². The van der Waals surface area contributed by atoms with Crippen LogP contribution in [-0.4, -0.2) is 23.8 Å². The molecule has 0 heterocycles. The highest BCUT2D eigenvalue weighted by Crippen LogP contribution is 2.19. The zero-order valence-corrected chi connectivity index (χ0v) is 7.63. The van der Waals surface area contributed by atoms with E-state index in [1.165, 1.54) is 0 Å². The summed E-state index contributed by atoms with van der Waals surface area (Å²) in [5.74, 6) is -0.172. The monoisotopic (exact) mass is 209 g/mol. The van der Waals surface area contributed by atoms with Crippen LogP contribution in [0.1, 0.15) is 5.48 Å². The second-order valence-electron chi connectivity index (χ2n) is 0.899. The van der Waals surface area contributed by atoms with Crippen LogP contribution < -0.4 is 4.84 Å². The minimum Gasteiger partial charge on any atom is -0.233 e. The van der Waals surface area contributed by atoms with Crippen molar-refractivity contribution >= 4 is 45.0 Å². The Morgan fingerprint density at radius 2 is 2.11 bits per heavy atom. The summed E-state index contributed by atoms with van der Waals surface area (Å²) in [6, 6.07) is 0. The maximum Gasteiger partial charge on any atom is 0.0403 e. The average molecular weight is 210 g/mol. The average Bonchev–Trinajstić information content (AvgIpc) is 2.02. The van der Waals surface area contributed by atoms with E-state index < -0.39 is 11.4 Å². The lowest BCUT2D eigenvalue weighted by Gasteiger charge is -1.95. The van der Waals surface area contributed by atoms with Crippen molar-refractivity contribution in [3.05, 3.63) is 0 Å². The molecule has 0 aromatic rings. The van der Waals surface area contributed by atoms with Gasteiger partial charge >= 0.3 is 0 Å². The number of halogens is 2. The second-order valence-corrected chi connectivity index (χ2v) is 3.34. The van der Waals surface area contributed by atoms with E-state index in [9.17, 15) is 0 Å². The topological polar surface area (TPSA) is 12.0 Å². The van der Waals surface area contributed by atoms with E-state index >= 15 is 0 Å². The maximum atomic E-state index is 7.33. The van der Waals surface area contributed by atoms with Gasteiger partial charge < -0.3 is 0 Å². The van der Waals surface area contributed by atoms with E-state index in [0.717, 1.165) is 21.6 Å². The molecule has 0 aromatic heterocycles. The summed E-state index contributed by atoms with van der Waals surface area (Å²) in [7, 11) is 1.55. The van der Waals surface area contributed by atoms with Gasteiger partial charge in [-0.3, -0.25) is 0 Å². The molecule has 0 aliphatic rings. The van der Waals surface area contributed by atoms with E-state index in [2.05, 4.69) is 4.84 Å². The van der Waals surface area contributed by atoms with Crippen LogP contribution in [0.15, 0.2) is 0 Å². The van der Waals surface area contributed by atoms with Gasteiger partial charge in [0.15, 0.2) is 0 Å². The molecule has 0 bridgehead atoms. The molecule has 0 radical (unpaired) electrons. The molecule has 1 N–H and O–H groups in total. The fourth-order valence-corrected chi connectivity index (χ4v) is 1.64. The SMILES string of the molecule is [2H]C([2H])(CCl)SSC([2H])([2H])CNCl. The van der Waals surface area contributed by atoms with Crippen LogP contribution >= 0.6 is 45.0 Å². The third-order valence-corrected chi connectivity index (χ3v) is 2.34. The van der Waals surface area contributed by atoms with Crippen LogP contribution in [0.3, 0.4) is 0 Å². The Kier molecular flexibility index (Phi) is 5.12. The van der Waals surface area contributed by atoms with Gasteiger partial charge in [0, 0.05) is 29.3 Å². The summed E-state index contributed by atoms with van der Waals surface area (Å²) in [4.78, 5) is 2.17. The molecule has 0 atom stereocenters. The molecule has 0 unspecified atom stereocenters. The van der Waals surface area contributed by atoms with E-state index in [0.29, 0.717) is 0 Å². The highest BCUT2D eigenvalue weighted by molar-refractivity contribution is 8.76. The fraction of sp³-hybridized carbons (Fsp3) is 1.00. The van der Waals surface area contributed by atoms with Crippen molar-refractivity contribution in [1.29, 1.82) is 0 Å². The Balaban J connectivity index is 3.86. The highest BCUT2D eigenvalue weighted by Gasteiger charge is 1.87. The van der Waals surface area contributed by atoms with Crippen LogP contribution in [0, 0.1) is 0 Å². The summed E-state index contributed by atoms with van der Waals surface area (Å²) >= 11 is 10.5. The molecule has 0 aromatic carbocycles. The minimum atomic E-state index is -1.62. The van der Waals surface area contributed by atoms with Crippen molar-refractivity contribution in [1.82, 2.24) is 4.84 Å². The molecule has 0 aliphatic carbocycles. The number of alkyl halides is 1. The van der Waals surface area contributed by atoms with Gasteiger partial charge in [0.1, 0.15) is 0 Å². The summed E-state index contributed by atoms with van der Waals surface area (Å²) in [5, 5.41) is 0. The molecular weight excluding hydrogens is 197 g/mol. The number of rotatable bonds is 6. The van der Waals surface area contributed by atoms with E-state index in [1.54, 1.807) is 0 Å². The first-order chi connectivity index (χ1) is 5.83. The van der Waals surface area contributed by atoms with Gasteiger partial charge in [0.25, 0.3) is 0 Å². The smallest absolute Gasteiger partial charge is 0.0403 e. The van der Waals surface area contributed by atoms with Crippen LogP contribution in [0.4, 0.5) is 0 Å². The van der Waals surface area contributed by atoms with Crippen molar-refractivity contribution in [3.8, 4) is 0 Å². The first-order valence-electron chi connectivity index (χ1n) is 4.09. The third-order valence-electron chi connectivity index (χ3n) is 0.353. The first-order valence-corrected chi connectivity index (χ1v) is 5.15. The number of hydrogen-bond donors (Lipinski definition) is 1. The summed E-state index contributed by atoms with van der Waals surface area (Å²) in [5.41, 5.74) is -3.22. The molecule has 1 nitrogen and oxygen atoms in total. The Hall–Kier alpha value is 1.24. The molecule has 56 valence electrons. The molecular formula is C4H9Cl2NS2. The van der Waals surface area contributed by atoms with Crippen LogP contribution in [0.25, 0.3) is 0 Å². The van der Waals surface area contributed by atoms with Crippen molar-refractivity contribution in [3.63, 3.8) is 0 Å². The molecule has 5 heteroatoms. The maximum absolute atomic E-state index is 7.33. The molecule has 0 aliphatic heterocycles. The lowest BCUT2D eigenvalue weighted by molar-refractivity contribution is 1.04. The standard InChI is InChI=1S/C4H9Cl2NS2/c5-1-3-8-9-4-2-7-6/h7H,1-4H2/i3D2,4D2. The first kappa shape index (κ1) is 4.99. The van der Waals surface area contributed by atoms with E-state index in [1.807, 2.05) is 0 Å². The summed E-state index contributed by atoms with van der Waals surface area (Å²) in [6.07, 6.45) is 0. The molecule has 0 saturated carbocycles. The van der Waals surface area contributed by atoms with E-state index in [-0.39, 0.29) is 12.4 Å². The summed E-state index contributed by atoms with van der Waals surface area (Å²) in [6.45, 7) is -0.0510. The zero-order valence-electron chi connectivity index (χ0n) is 8.49.